The topological polar surface area (TPSA) is 48.8 Å². The minimum absolute atomic E-state index is 0.131. The third-order valence-corrected chi connectivity index (χ3v) is 4.48. The van der Waals surface area contributed by atoms with Gasteiger partial charge in [0.05, 0.1) is 18.8 Å². The molecule has 5 heteroatoms. The average molecular weight is 306 g/mol. The highest BCUT2D eigenvalue weighted by Gasteiger charge is 2.23. The first-order valence-corrected chi connectivity index (χ1v) is 7.80. The highest BCUT2D eigenvalue weighted by atomic mass is 16.2. The molecule has 2 aliphatic heterocycles. The molecule has 0 aliphatic carbocycles. The second-order valence-electron chi connectivity index (χ2n) is 5.96. The van der Waals surface area contributed by atoms with Crippen molar-refractivity contribution in [3.8, 4) is 0 Å². The Hall–Kier alpha value is -2.69. The zero-order valence-corrected chi connectivity index (χ0v) is 13.1. The molecule has 0 bridgehead atoms. The highest BCUT2D eigenvalue weighted by molar-refractivity contribution is 6.15. The molecule has 2 aliphatic rings. The first-order valence-electron chi connectivity index (χ1n) is 7.80. The number of hydrogen-bond acceptors (Lipinski definition) is 4. The van der Waals surface area contributed by atoms with E-state index < -0.39 is 0 Å². The summed E-state index contributed by atoms with van der Waals surface area (Å²) in [6, 6.07) is 12.3. The Morgan fingerprint density at radius 3 is 2.87 bits per heavy atom. The van der Waals surface area contributed by atoms with E-state index in [9.17, 15) is 4.79 Å². The van der Waals surface area contributed by atoms with Gasteiger partial charge in [-0.25, -0.2) is 4.98 Å². The number of carbonyl (C=O) groups is 1. The summed E-state index contributed by atoms with van der Waals surface area (Å²) >= 11 is 0. The van der Waals surface area contributed by atoms with E-state index in [0.29, 0.717) is 6.54 Å². The second kappa shape index (κ2) is 5.50. The molecule has 0 N–H and O–H groups in total. The Bertz CT molecular complexity index is 799. The number of rotatable bonds is 2. The lowest BCUT2D eigenvalue weighted by Crippen LogP contribution is -2.48. The van der Waals surface area contributed by atoms with E-state index in [1.807, 2.05) is 36.2 Å². The molecule has 5 nitrogen and oxygen atoms in total. The van der Waals surface area contributed by atoms with Crippen LogP contribution < -0.4 is 4.90 Å². The van der Waals surface area contributed by atoms with Crippen LogP contribution in [-0.4, -0.2) is 48.2 Å². The van der Waals surface area contributed by atoms with Crippen LogP contribution in [0, 0.1) is 0 Å². The predicted molar refractivity (Wildman–Crippen MR) is 89.9 cm³/mol. The van der Waals surface area contributed by atoms with Gasteiger partial charge in [0.25, 0.3) is 0 Å². The standard InChI is InChI=1S/C18H18N4O/c1-21-8-9-22(12-17(21)23)16-10-13(6-7-19-16)18-15-5-3-2-4-14(15)11-20-18/h2-7,10H,8-9,11-12H2,1H3. The van der Waals surface area contributed by atoms with Crippen molar-refractivity contribution in [3.63, 3.8) is 0 Å². The van der Waals surface area contributed by atoms with E-state index in [1.54, 1.807) is 11.1 Å². The molecule has 0 atom stereocenters. The molecule has 0 spiro atoms. The van der Waals surface area contributed by atoms with Crippen LogP contribution in [0.1, 0.15) is 16.7 Å². The second-order valence-corrected chi connectivity index (χ2v) is 5.96. The van der Waals surface area contributed by atoms with Gasteiger partial charge in [-0.05, 0) is 17.7 Å². The minimum atomic E-state index is 0.131. The van der Waals surface area contributed by atoms with Gasteiger partial charge in [0.15, 0.2) is 0 Å². The van der Waals surface area contributed by atoms with Crippen molar-refractivity contribution in [2.45, 2.75) is 6.54 Å². The number of anilines is 1. The van der Waals surface area contributed by atoms with Crippen molar-refractivity contribution in [3.05, 3.63) is 59.3 Å². The fourth-order valence-electron chi connectivity index (χ4n) is 3.08. The number of carbonyl (C=O) groups excluding carboxylic acids is 1. The third-order valence-electron chi connectivity index (χ3n) is 4.48. The van der Waals surface area contributed by atoms with Crippen LogP contribution in [0.4, 0.5) is 5.82 Å². The SMILES string of the molecule is CN1CCN(c2cc(C3=NCc4ccccc43)ccn2)CC1=O. The summed E-state index contributed by atoms with van der Waals surface area (Å²) in [5.74, 6) is 0.975. The number of likely N-dealkylation sites (N-methyl/N-ethyl adjacent to an activating group) is 1. The Balaban J connectivity index is 1.64. The first kappa shape index (κ1) is 13.9. The number of piperazine rings is 1. The van der Waals surface area contributed by atoms with Crippen molar-refractivity contribution in [2.24, 2.45) is 4.99 Å². The molecular weight excluding hydrogens is 288 g/mol. The molecule has 1 aromatic heterocycles. The van der Waals surface area contributed by atoms with Crippen LogP contribution in [0.2, 0.25) is 0 Å². The van der Waals surface area contributed by atoms with Gasteiger partial charge in [0.1, 0.15) is 5.82 Å². The number of aliphatic imine (C=N–C) groups is 1. The molecule has 1 amide bonds. The van der Waals surface area contributed by atoms with Crippen LogP contribution in [0.5, 0.6) is 0 Å². The number of amides is 1. The summed E-state index contributed by atoms with van der Waals surface area (Å²) in [6.07, 6.45) is 1.80. The average Bonchev–Trinajstić information content (AvgIpc) is 3.01. The number of hydrogen-bond donors (Lipinski definition) is 0. The van der Waals surface area contributed by atoms with Gasteiger partial charge in [-0.2, -0.15) is 0 Å². The van der Waals surface area contributed by atoms with Gasteiger partial charge >= 0.3 is 0 Å². The monoisotopic (exact) mass is 306 g/mol. The van der Waals surface area contributed by atoms with Crippen molar-refractivity contribution in [1.82, 2.24) is 9.88 Å². The lowest BCUT2D eigenvalue weighted by molar-refractivity contribution is -0.129. The molecule has 4 rings (SSSR count). The maximum absolute atomic E-state index is 11.9. The lowest BCUT2D eigenvalue weighted by Gasteiger charge is -2.32. The number of pyridine rings is 1. The van der Waals surface area contributed by atoms with Crippen molar-refractivity contribution >= 4 is 17.4 Å². The number of benzene rings is 1. The minimum Gasteiger partial charge on any atom is -0.346 e. The summed E-state index contributed by atoms with van der Waals surface area (Å²) in [4.78, 5) is 24.8. The molecule has 1 aromatic carbocycles. The number of fused-ring (bicyclic) bond motifs is 1. The Morgan fingerprint density at radius 2 is 2.00 bits per heavy atom. The van der Waals surface area contributed by atoms with Gasteiger partial charge in [0.2, 0.25) is 5.91 Å². The van der Waals surface area contributed by atoms with Crippen molar-refractivity contribution in [1.29, 1.82) is 0 Å². The predicted octanol–water partition coefficient (Wildman–Crippen LogP) is 1.71. The largest absolute Gasteiger partial charge is 0.346 e. The molecule has 0 unspecified atom stereocenters. The summed E-state index contributed by atoms with van der Waals surface area (Å²) in [5, 5.41) is 0. The fraction of sp³-hybridized carbons (Fsp3) is 0.278. The van der Waals surface area contributed by atoms with E-state index in [1.165, 1.54) is 11.1 Å². The molecular formula is C18H18N4O. The fourth-order valence-corrected chi connectivity index (χ4v) is 3.08. The summed E-state index contributed by atoms with van der Waals surface area (Å²) in [5.41, 5.74) is 4.53. The first-order chi connectivity index (χ1) is 11.2. The van der Waals surface area contributed by atoms with Crippen LogP contribution in [0.3, 0.4) is 0 Å². The normalized spacial score (nSPS) is 17.3. The zero-order chi connectivity index (χ0) is 15.8. The van der Waals surface area contributed by atoms with Gasteiger partial charge in [-0.1, -0.05) is 24.3 Å². The quantitative estimate of drug-likeness (QED) is 0.849. The van der Waals surface area contributed by atoms with Crippen molar-refractivity contribution < 1.29 is 4.79 Å². The molecule has 1 saturated heterocycles. The van der Waals surface area contributed by atoms with Gasteiger partial charge in [-0.3, -0.25) is 9.79 Å². The summed E-state index contributed by atoms with van der Waals surface area (Å²) in [7, 11) is 1.84. The highest BCUT2D eigenvalue weighted by Crippen LogP contribution is 2.24. The van der Waals surface area contributed by atoms with Gasteiger partial charge in [0, 0.05) is 37.5 Å². The Morgan fingerprint density at radius 1 is 1.13 bits per heavy atom. The van der Waals surface area contributed by atoms with Crippen LogP contribution >= 0.6 is 0 Å². The maximum Gasteiger partial charge on any atom is 0.241 e. The van der Waals surface area contributed by atoms with Crippen LogP contribution in [-0.2, 0) is 11.3 Å². The summed E-state index contributed by atoms with van der Waals surface area (Å²) < 4.78 is 0. The van der Waals surface area contributed by atoms with Crippen LogP contribution in [0.25, 0.3) is 0 Å². The molecule has 0 radical (unpaired) electrons. The van der Waals surface area contributed by atoms with Crippen LogP contribution in [0.15, 0.2) is 47.6 Å². The van der Waals surface area contributed by atoms with Gasteiger partial charge < -0.3 is 9.80 Å². The third kappa shape index (κ3) is 2.48. The van der Waals surface area contributed by atoms with E-state index >= 15 is 0 Å². The van der Waals surface area contributed by atoms with E-state index in [4.69, 9.17) is 0 Å². The molecule has 116 valence electrons. The molecule has 3 heterocycles. The Kier molecular flexibility index (Phi) is 3.33. The summed E-state index contributed by atoms with van der Waals surface area (Å²) in [6.45, 7) is 2.66. The smallest absolute Gasteiger partial charge is 0.241 e. The zero-order valence-electron chi connectivity index (χ0n) is 13.1. The molecule has 1 fully saturated rings. The molecule has 0 saturated carbocycles. The van der Waals surface area contributed by atoms with Gasteiger partial charge in [-0.15, -0.1) is 0 Å². The van der Waals surface area contributed by atoms with E-state index in [-0.39, 0.29) is 5.91 Å². The van der Waals surface area contributed by atoms with Crippen molar-refractivity contribution in [2.75, 3.05) is 31.6 Å². The van der Waals surface area contributed by atoms with E-state index in [2.05, 4.69) is 22.1 Å². The Labute approximate surface area is 135 Å². The maximum atomic E-state index is 11.9. The molecule has 2 aromatic rings. The van der Waals surface area contributed by atoms with E-state index in [0.717, 1.165) is 36.7 Å². The lowest BCUT2D eigenvalue weighted by atomic mass is 10.0. The number of nitrogens with zero attached hydrogens (tertiary/aromatic N) is 4. The molecule has 23 heavy (non-hydrogen) atoms. The number of aromatic nitrogens is 1.